The maximum absolute atomic E-state index is 11.4. The first-order valence-corrected chi connectivity index (χ1v) is 8.97. The molecule has 24 heavy (non-hydrogen) atoms. The van der Waals surface area contributed by atoms with Crippen LogP contribution in [-0.2, 0) is 15.1 Å². The number of carbonyl (C=O) groups excluding carboxylic acids is 1. The van der Waals surface area contributed by atoms with Crippen molar-refractivity contribution in [2.24, 2.45) is 0 Å². The highest BCUT2D eigenvalue weighted by Crippen LogP contribution is 2.38. The highest BCUT2D eigenvalue weighted by molar-refractivity contribution is 7.99. The monoisotopic (exact) mass is 342 g/mol. The summed E-state index contributed by atoms with van der Waals surface area (Å²) < 4.78 is 11.4. The summed E-state index contributed by atoms with van der Waals surface area (Å²) in [5, 5.41) is 0. The van der Waals surface area contributed by atoms with Crippen LogP contribution in [0.15, 0.2) is 58.3 Å². The summed E-state index contributed by atoms with van der Waals surface area (Å²) in [5.74, 6) is 0.0927. The van der Waals surface area contributed by atoms with Crippen LogP contribution in [0.4, 0.5) is 0 Å². The Morgan fingerprint density at radius 2 is 1.79 bits per heavy atom. The lowest BCUT2D eigenvalue weighted by molar-refractivity contribution is -0.0948. The summed E-state index contributed by atoms with van der Waals surface area (Å²) in [7, 11) is 1.78. The van der Waals surface area contributed by atoms with E-state index in [1.807, 2.05) is 24.3 Å². The predicted molar refractivity (Wildman–Crippen MR) is 95.8 cm³/mol. The lowest BCUT2D eigenvalue weighted by Gasteiger charge is -2.36. The van der Waals surface area contributed by atoms with E-state index in [9.17, 15) is 4.79 Å². The van der Waals surface area contributed by atoms with Crippen molar-refractivity contribution in [1.82, 2.24) is 0 Å². The first kappa shape index (κ1) is 17.2. The summed E-state index contributed by atoms with van der Waals surface area (Å²) in [6.07, 6.45) is 1.76. The molecular formula is C20H22O3S. The fourth-order valence-electron chi connectivity index (χ4n) is 3.05. The zero-order chi connectivity index (χ0) is 17.0. The summed E-state index contributed by atoms with van der Waals surface area (Å²) in [6, 6.07) is 16.3. The quantitative estimate of drug-likeness (QED) is 0.738. The van der Waals surface area contributed by atoms with Crippen LogP contribution in [0.3, 0.4) is 0 Å². The van der Waals surface area contributed by atoms with Gasteiger partial charge in [0.25, 0.3) is 0 Å². The third-order valence-electron chi connectivity index (χ3n) is 4.55. The Balaban J connectivity index is 1.81. The van der Waals surface area contributed by atoms with E-state index < -0.39 is 0 Å². The fourth-order valence-corrected chi connectivity index (χ4v) is 3.93. The van der Waals surface area contributed by atoms with E-state index >= 15 is 0 Å². The molecule has 126 valence electrons. The highest BCUT2D eigenvalue weighted by atomic mass is 32.2. The van der Waals surface area contributed by atoms with Gasteiger partial charge in [0.05, 0.1) is 5.60 Å². The van der Waals surface area contributed by atoms with Gasteiger partial charge in [-0.15, -0.1) is 0 Å². The van der Waals surface area contributed by atoms with Crippen molar-refractivity contribution >= 4 is 17.5 Å². The molecule has 3 nitrogen and oxygen atoms in total. The van der Waals surface area contributed by atoms with E-state index in [-0.39, 0.29) is 11.4 Å². The Hall–Kier alpha value is -1.62. The Morgan fingerprint density at radius 1 is 1.08 bits per heavy atom. The molecule has 0 N–H and O–H groups in total. The van der Waals surface area contributed by atoms with Gasteiger partial charge in [0.1, 0.15) is 0 Å². The molecule has 0 spiro atoms. The molecule has 0 aliphatic carbocycles. The number of carbonyl (C=O) groups is 1. The average Bonchev–Trinajstić information content (AvgIpc) is 2.63. The minimum absolute atomic E-state index is 0.0927. The molecule has 1 saturated heterocycles. The molecule has 1 aliphatic rings. The standard InChI is InChI=1S/C20H22O3S/c1-15(21)16-6-8-18(9-7-16)24-19-5-3-4-17(14-19)20(22-2)10-12-23-13-11-20/h3-9,14H,10-13H2,1-2H3. The summed E-state index contributed by atoms with van der Waals surface area (Å²) >= 11 is 1.70. The zero-order valence-corrected chi connectivity index (χ0v) is 14.9. The van der Waals surface area contributed by atoms with Gasteiger partial charge in [0.2, 0.25) is 0 Å². The van der Waals surface area contributed by atoms with Crippen LogP contribution in [0, 0.1) is 0 Å². The molecule has 2 aromatic carbocycles. The Labute approximate surface area is 147 Å². The second kappa shape index (κ2) is 7.51. The van der Waals surface area contributed by atoms with Gasteiger partial charge in [-0.25, -0.2) is 0 Å². The molecule has 0 unspecified atom stereocenters. The molecule has 0 saturated carbocycles. The number of ether oxygens (including phenoxy) is 2. The van der Waals surface area contributed by atoms with Crippen molar-refractivity contribution in [2.45, 2.75) is 35.2 Å². The lowest BCUT2D eigenvalue weighted by atomic mass is 9.86. The van der Waals surface area contributed by atoms with Gasteiger partial charge < -0.3 is 9.47 Å². The Bertz CT molecular complexity index is 703. The van der Waals surface area contributed by atoms with Gasteiger partial charge in [0, 0.05) is 48.5 Å². The second-order valence-electron chi connectivity index (χ2n) is 6.02. The number of rotatable bonds is 5. The number of benzene rings is 2. The number of hydrogen-bond acceptors (Lipinski definition) is 4. The van der Waals surface area contributed by atoms with E-state index in [0.29, 0.717) is 0 Å². The Kier molecular flexibility index (Phi) is 5.39. The van der Waals surface area contributed by atoms with E-state index in [2.05, 4.69) is 24.3 Å². The van der Waals surface area contributed by atoms with Gasteiger partial charge in [0.15, 0.2) is 5.78 Å². The van der Waals surface area contributed by atoms with Crippen LogP contribution in [0.25, 0.3) is 0 Å². The number of methoxy groups -OCH3 is 1. The molecule has 0 amide bonds. The van der Waals surface area contributed by atoms with E-state index in [0.717, 1.165) is 36.5 Å². The van der Waals surface area contributed by atoms with Crippen LogP contribution < -0.4 is 0 Å². The molecule has 0 atom stereocenters. The van der Waals surface area contributed by atoms with Crippen molar-refractivity contribution < 1.29 is 14.3 Å². The molecule has 4 heteroatoms. The van der Waals surface area contributed by atoms with Crippen LogP contribution in [0.5, 0.6) is 0 Å². The van der Waals surface area contributed by atoms with Crippen molar-refractivity contribution in [3.05, 3.63) is 59.7 Å². The fraction of sp³-hybridized carbons (Fsp3) is 0.350. The normalized spacial score (nSPS) is 16.8. The van der Waals surface area contributed by atoms with Gasteiger partial charge in [-0.05, 0) is 36.8 Å². The largest absolute Gasteiger partial charge is 0.381 e. The number of ketones is 1. The van der Waals surface area contributed by atoms with Gasteiger partial charge in [-0.1, -0.05) is 36.0 Å². The van der Waals surface area contributed by atoms with Crippen molar-refractivity contribution in [3.63, 3.8) is 0 Å². The minimum atomic E-state index is -0.243. The molecule has 1 heterocycles. The second-order valence-corrected chi connectivity index (χ2v) is 7.17. The first-order chi connectivity index (χ1) is 11.6. The number of hydrogen-bond donors (Lipinski definition) is 0. The van der Waals surface area contributed by atoms with E-state index in [4.69, 9.17) is 9.47 Å². The van der Waals surface area contributed by atoms with Crippen LogP contribution in [-0.4, -0.2) is 26.1 Å². The average molecular weight is 342 g/mol. The predicted octanol–water partition coefficient (Wildman–Crippen LogP) is 4.69. The maximum Gasteiger partial charge on any atom is 0.159 e. The van der Waals surface area contributed by atoms with Crippen molar-refractivity contribution in [3.8, 4) is 0 Å². The molecule has 1 aliphatic heterocycles. The molecular weight excluding hydrogens is 320 g/mol. The van der Waals surface area contributed by atoms with Crippen molar-refractivity contribution in [1.29, 1.82) is 0 Å². The molecule has 1 fully saturated rings. The molecule has 2 aromatic rings. The van der Waals surface area contributed by atoms with Gasteiger partial charge in [-0.3, -0.25) is 4.79 Å². The van der Waals surface area contributed by atoms with E-state index in [1.54, 1.807) is 25.8 Å². The summed E-state index contributed by atoms with van der Waals surface area (Å²) in [4.78, 5) is 13.7. The maximum atomic E-state index is 11.4. The molecule has 0 aromatic heterocycles. The molecule has 3 rings (SSSR count). The number of Topliss-reactive ketones (excluding diaryl/α,β-unsaturated/α-hetero) is 1. The SMILES string of the molecule is COC1(c2cccc(Sc3ccc(C(C)=O)cc3)c2)CCOCC1. The van der Waals surface area contributed by atoms with Crippen LogP contribution in [0.1, 0.15) is 35.7 Å². The lowest BCUT2D eigenvalue weighted by Crippen LogP contribution is -2.35. The topological polar surface area (TPSA) is 35.5 Å². The van der Waals surface area contributed by atoms with E-state index in [1.165, 1.54) is 10.5 Å². The third kappa shape index (κ3) is 3.72. The smallest absolute Gasteiger partial charge is 0.159 e. The molecule has 0 bridgehead atoms. The Morgan fingerprint density at radius 3 is 2.42 bits per heavy atom. The summed E-state index contributed by atoms with van der Waals surface area (Å²) in [6.45, 7) is 3.05. The van der Waals surface area contributed by atoms with Crippen LogP contribution >= 0.6 is 11.8 Å². The third-order valence-corrected chi connectivity index (χ3v) is 5.55. The first-order valence-electron chi connectivity index (χ1n) is 8.15. The summed E-state index contributed by atoms with van der Waals surface area (Å²) in [5.41, 5.74) is 1.71. The highest BCUT2D eigenvalue weighted by Gasteiger charge is 2.34. The van der Waals surface area contributed by atoms with Gasteiger partial charge in [-0.2, -0.15) is 0 Å². The van der Waals surface area contributed by atoms with Crippen molar-refractivity contribution in [2.75, 3.05) is 20.3 Å². The van der Waals surface area contributed by atoms with Gasteiger partial charge >= 0.3 is 0 Å². The van der Waals surface area contributed by atoms with Crippen LogP contribution in [0.2, 0.25) is 0 Å². The zero-order valence-electron chi connectivity index (χ0n) is 14.1. The minimum Gasteiger partial charge on any atom is -0.381 e. The molecule has 0 radical (unpaired) electrons.